The molecule has 2 aliphatic rings. The molecule has 1 aromatic heterocycles. The van der Waals surface area contributed by atoms with Crippen molar-refractivity contribution in [1.29, 1.82) is 0 Å². The summed E-state index contributed by atoms with van der Waals surface area (Å²) in [6.07, 6.45) is 8.97. The van der Waals surface area contributed by atoms with Crippen molar-refractivity contribution in [2.24, 2.45) is 5.16 Å². The van der Waals surface area contributed by atoms with Crippen molar-refractivity contribution in [3.05, 3.63) is 83.7 Å². The van der Waals surface area contributed by atoms with Crippen molar-refractivity contribution < 1.29 is 18.8 Å². The van der Waals surface area contributed by atoms with Crippen LogP contribution in [0, 0.1) is 12.7 Å². The van der Waals surface area contributed by atoms with Gasteiger partial charge in [0.15, 0.2) is 5.84 Å². The van der Waals surface area contributed by atoms with Gasteiger partial charge < -0.3 is 14.1 Å². The van der Waals surface area contributed by atoms with Crippen LogP contribution in [-0.4, -0.2) is 34.2 Å². The topological polar surface area (TPSA) is 61.1 Å². The normalized spacial score (nSPS) is 19.2. The second kappa shape index (κ2) is 10.1. The molecule has 0 saturated carbocycles. The third-order valence-corrected chi connectivity index (χ3v) is 5.62. The monoisotopic (exact) mass is 464 g/mol. The second-order valence-electron chi connectivity index (χ2n) is 7.75. The highest BCUT2D eigenvalue weighted by atomic mass is 19.1. The summed E-state index contributed by atoms with van der Waals surface area (Å²) in [5.74, 6) is 0.974. The Bertz CT molecular complexity index is 1190. The zero-order chi connectivity index (χ0) is 24.1. The first-order chi connectivity index (χ1) is 16.6. The number of nitrogens with zero attached hydrogens (tertiary/aromatic N) is 4. The van der Waals surface area contributed by atoms with Crippen LogP contribution in [0.1, 0.15) is 43.5 Å². The maximum atomic E-state index is 13.4. The smallest absolute Gasteiger partial charge is 0.259 e. The highest BCUT2D eigenvalue weighted by molar-refractivity contribution is 5.96. The molecule has 7 nitrogen and oxygen atoms in total. The lowest BCUT2D eigenvalue weighted by Gasteiger charge is -2.39. The van der Waals surface area contributed by atoms with Gasteiger partial charge in [0.1, 0.15) is 11.6 Å². The molecule has 1 atom stereocenters. The molecule has 1 saturated heterocycles. The fourth-order valence-corrected chi connectivity index (χ4v) is 4.02. The van der Waals surface area contributed by atoms with E-state index in [0.717, 1.165) is 34.7 Å². The van der Waals surface area contributed by atoms with Gasteiger partial charge in [-0.1, -0.05) is 31.1 Å². The molecule has 0 spiro atoms. The largest absolute Gasteiger partial charge is 0.495 e. The van der Waals surface area contributed by atoms with Crippen molar-refractivity contribution >= 4 is 11.9 Å². The zero-order valence-corrected chi connectivity index (χ0v) is 19.9. The Morgan fingerprint density at radius 2 is 1.91 bits per heavy atom. The van der Waals surface area contributed by atoms with Crippen molar-refractivity contribution in [3.63, 3.8) is 0 Å². The summed E-state index contributed by atoms with van der Waals surface area (Å²) in [5.41, 5.74) is 2.68. The Labute approximate surface area is 199 Å². The van der Waals surface area contributed by atoms with Gasteiger partial charge in [0.05, 0.1) is 31.4 Å². The van der Waals surface area contributed by atoms with E-state index >= 15 is 0 Å². The lowest BCUT2D eigenvalue weighted by molar-refractivity contribution is -0.280. The molecule has 1 unspecified atom stereocenters. The van der Waals surface area contributed by atoms with Gasteiger partial charge in [-0.15, -0.1) is 0 Å². The molecule has 178 valence electrons. The Morgan fingerprint density at radius 1 is 1.12 bits per heavy atom. The second-order valence-corrected chi connectivity index (χ2v) is 7.75. The van der Waals surface area contributed by atoms with Gasteiger partial charge >= 0.3 is 0 Å². The number of aromatic nitrogens is 2. The van der Waals surface area contributed by atoms with Crippen LogP contribution in [0.25, 0.3) is 11.8 Å². The Balaban J connectivity index is 0.00000133. The summed E-state index contributed by atoms with van der Waals surface area (Å²) in [6.45, 7) is 6.51. The van der Waals surface area contributed by atoms with Crippen LogP contribution in [0.5, 0.6) is 5.75 Å². The summed E-state index contributed by atoms with van der Waals surface area (Å²) in [5, 5.41) is 5.95. The average Bonchev–Trinajstić information content (AvgIpc) is 3.48. The molecular weight excluding hydrogens is 435 g/mol. The molecule has 5 rings (SSSR count). The lowest BCUT2D eigenvalue weighted by Crippen LogP contribution is -2.48. The molecule has 0 aliphatic carbocycles. The molecule has 0 radical (unpaired) electrons. The molecule has 8 heteroatoms. The van der Waals surface area contributed by atoms with Gasteiger partial charge in [0.2, 0.25) is 0 Å². The van der Waals surface area contributed by atoms with Crippen molar-refractivity contribution in [2.75, 3.05) is 13.7 Å². The van der Waals surface area contributed by atoms with Gasteiger partial charge in [0, 0.05) is 18.2 Å². The Hall–Kier alpha value is -3.65. The van der Waals surface area contributed by atoms with E-state index in [4.69, 9.17) is 14.4 Å². The number of ether oxygens (including phenoxy) is 1. The third-order valence-electron chi connectivity index (χ3n) is 5.62. The number of hydrogen-bond donors (Lipinski definition) is 0. The number of methoxy groups -OCH3 is 1. The fourth-order valence-electron chi connectivity index (χ4n) is 4.02. The SMILES string of the molecule is CC.COc1cc(/C=C/C2=NOC3(c4ccc(F)cc4)CCCON23)ccc1-n1cnc(C)c1. The van der Waals surface area contributed by atoms with Gasteiger partial charge in [-0.05, 0) is 61.4 Å². The minimum absolute atomic E-state index is 0.296. The molecule has 0 amide bonds. The van der Waals surface area contributed by atoms with Crippen LogP contribution in [0.3, 0.4) is 0 Å². The molecule has 2 aliphatic heterocycles. The van der Waals surface area contributed by atoms with Crippen LogP contribution in [0.15, 0.2) is 66.2 Å². The van der Waals surface area contributed by atoms with E-state index in [9.17, 15) is 4.39 Å². The van der Waals surface area contributed by atoms with Gasteiger partial charge in [-0.25, -0.2) is 9.37 Å². The summed E-state index contributed by atoms with van der Waals surface area (Å²) in [7, 11) is 1.64. The number of hydrogen-bond acceptors (Lipinski definition) is 6. The molecule has 3 heterocycles. The van der Waals surface area contributed by atoms with E-state index in [0.29, 0.717) is 18.9 Å². The highest BCUT2D eigenvalue weighted by Gasteiger charge is 2.50. The quantitative estimate of drug-likeness (QED) is 0.492. The number of oxime groups is 1. The third kappa shape index (κ3) is 4.41. The minimum atomic E-state index is -0.882. The Morgan fingerprint density at radius 3 is 2.62 bits per heavy atom. The van der Waals surface area contributed by atoms with Crippen LogP contribution < -0.4 is 4.74 Å². The minimum Gasteiger partial charge on any atom is -0.495 e. The molecule has 1 fully saturated rings. The summed E-state index contributed by atoms with van der Waals surface area (Å²) >= 11 is 0. The van der Waals surface area contributed by atoms with Crippen molar-refractivity contribution in [1.82, 2.24) is 14.6 Å². The maximum Gasteiger partial charge on any atom is 0.259 e. The number of benzene rings is 2. The average molecular weight is 465 g/mol. The number of imidazole rings is 1. The molecule has 0 bridgehead atoms. The first-order valence-corrected chi connectivity index (χ1v) is 11.4. The van der Waals surface area contributed by atoms with Gasteiger partial charge in [-0.3, -0.25) is 4.84 Å². The van der Waals surface area contributed by atoms with E-state index in [1.54, 1.807) is 30.6 Å². The first kappa shape index (κ1) is 23.5. The van der Waals surface area contributed by atoms with Crippen LogP contribution in [0.4, 0.5) is 4.39 Å². The molecule has 34 heavy (non-hydrogen) atoms. The van der Waals surface area contributed by atoms with Crippen molar-refractivity contribution in [3.8, 4) is 11.4 Å². The first-order valence-electron chi connectivity index (χ1n) is 11.4. The lowest BCUT2D eigenvalue weighted by atomic mass is 9.96. The van der Waals surface area contributed by atoms with E-state index in [2.05, 4.69) is 10.1 Å². The molecule has 0 N–H and O–H groups in total. The van der Waals surface area contributed by atoms with E-state index in [1.165, 1.54) is 12.1 Å². The molecular formula is C26H29FN4O3. The standard InChI is InChI=1S/C24H23FN4O3.C2H6/c1-17-15-28(16-26-17)21-10-4-18(14-22(21)30-2)5-11-23-27-32-24(12-3-13-31-29(23)24)19-6-8-20(25)9-7-19;1-2/h4-11,14-16H,3,12-13H2,1-2H3;1-2H3/b11-5+;. The Kier molecular flexibility index (Phi) is 6.98. The van der Waals surface area contributed by atoms with E-state index < -0.39 is 5.72 Å². The van der Waals surface area contributed by atoms with E-state index in [-0.39, 0.29) is 5.82 Å². The van der Waals surface area contributed by atoms with Crippen LogP contribution >= 0.6 is 0 Å². The predicted octanol–water partition coefficient (Wildman–Crippen LogP) is 5.59. The predicted molar refractivity (Wildman–Crippen MR) is 129 cm³/mol. The summed E-state index contributed by atoms with van der Waals surface area (Å²) < 4.78 is 21.0. The summed E-state index contributed by atoms with van der Waals surface area (Å²) in [6, 6.07) is 12.2. The number of fused-ring (bicyclic) bond motifs is 1. The summed E-state index contributed by atoms with van der Waals surface area (Å²) in [4.78, 5) is 16.1. The zero-order valence-electron chi connectivity index (χ0n) is 19.9. The number of aryl methyl sites for hydroxylation is 1. The van der Waals surface area contributed by atoms with Crippen molar-refractivity contribution in [2.45, 2.75) is 39.3 Å². The van der Waals surface area contributed by atoms with E-state index in [1.807, 2.05) is 61.9 Å². The van der Waals surface area contributed by atoms with Gasteiger partial charge in [0.25, 0.3) is 5.72 Å². The van der Waals surface area contributed by atoms with Crippen LogP contribution in [-0.2, 0) is 15.4 Å². The number of hydroxylamine groups is 2. The number of amidine groups is 1. The molecule has 3 aromatic rings. The number of rotatable bonds is 5. The highest BCUT2D eigenvalue weighted by Crippen LogP contribution is 2.42. The number of halogens is 1. The van der Waals surface area contributed by atoms with Gasteiger partial charge in [-0.2, -0.15) is 5.06 Å². The van der Waals surface area contributed by atoms with Crippen LogP contribution in [0.2, 0.25) is 0 Å². The maximum absolute atomic E-state index is 13.4. The molecule has 2 aromatic carbocycles. The fraction of sp³-hybridized carbons (Fsp3) is 0.308.